The van der Waals surface area contributed by atoms with E-state index in [1.807, 2.05) is 19.2 Å². The minimum absolute atomic E-state index is 0.00238. The number of hydrogen-bond donors (Lipinski definition) is 2. The topological polar surface area (TPSA) is 91.0 Å². The first-order valence-corrected chi connectivity index (χ1v) is 9.52. The summed E-state index contributed by atoms with van der Waals surface area (Å²) in [6.07, 6.45) is 2.44. The Hall–Kier alpha value is -3.09. The van der Waals surface area contributed by atoms with Crippen LogP contribution in [-0.4, -0.2) is 32.6 Å². The fourth-order valence-electron chi connectivity index (χ4n) is 4.36. The smallest absolute Gasteiger partial charge is 0.273 e. The van der Waals surface area contributed by atoms with Gasteiger partial charge in [-0.25, -0.2) is 0 Å². The summed E-state index contributed by atoms with van der Waals surface area (Å²) in [6, 6.07) is 8.32. The van der Waals surface area contributed by atoms with Crippen molar-refractivity contribution < 1.29 is 4.79 Å². The van der Waals surface area contributed by atoms with Crippen molar-refractivity contribution in [1.82, 2.24) is 19.7 Å². The second-order valence-corrected chi connectivity index (χ2v) is 7.54. The van der Waals surface area contributed by atoms with Crippen LogP contribution in [0.2, 0.25) is 0 Å². The number of pyridine rings is 1. The number of carbonyl (C=O) groups is 1. The molecule has 28 heavy (non-hydrogen) atoms. The van der Waals surface area contributed by atoms with Gasteiger partial charge in [-0.1, -0.05) is 24.3 Å². The molecule has 0 radical (unpaired) electrons. The minimum Gasteiger partial charge on any atom is -0.339 e. The van der Waals surface area contributed by atoms with Gasteiger partial charge in [0.25, 0.3) is 11.1 Å². The summed E-state index contributed by atoms with van der Waals surface area (Å²) < 4.78 is 1.51. The second-order valence-electron chi connectivity index (χ2n) is 7.54. The Morgan fingerprint density at radius 1 is 1.25 bits per heavy atom. The summed E-state index contributed by atoms with van der Waals surface area (Å²) in [5.74, 6) is 0.00238. The highest BCUT2D eigenvalue weighted by molar-refractivity contribution is 5.80. The van der Waals surface area contributed by atoms with Gasteiger partial charge in [0.2, 0.25) is 5.91 Å². The summed E-state index contributed by atoms with van der Waals surface area (Å²) in [5.41, 5.74) is 3.64. The Balaban J connectivity index is 1.55. The molecular formula is C21H24N4O3. The molecule has 1 amide bonds. The maximum Gasteiger partial charge on any atom is 0.273 e. The SMILES string of the molecule is Cc1c(CCC(=O)N(C)[C@H]2CCc3ccccc32)c(=O)[nH]c2c1c(=O)[nH]n2C. The van der Waals surface area contributed by atoms with Crippen LogP contribution in [0.1, 0.15) is 41.1 Å². The largest absolute Gasteiger partial charge is 0.339 e. The lowest BCUT2D eigenvalue weighted by Crippen LogP contribution is -2.31. The average Bonchev–Trinajstić information content (AvgIpc) is 3.21. The van der Waals surface area contributed by atoms with E-state index < -0.39 is 0 Å². The van der Waals surface area contributed by atoms with Crippen LogP contribution in [0.3, 0.4) is 0 Å². The number of nitrogens with zero attached hydrogens (tertiary/aromatic N) is 2. The summed E-state index contributed by atoms with van der Waals surface area (Å²) in [6.45, 7) is 1.77. The Morgan fingerprint density at radius 3 is 2.79 bits per heavy atom. The van der Waals surface area contributed by atoms with Gasteiger partial charge in [0, 0.05) is 26.1 Å². The van der Waals surface area contributed by atoms with Gasteiger partial charge in [-0.05, 0) is 42.9 Å². The summed E-state index contributed by atoms with van der Waals surface area (Å²) >= 11 is 0. The molecule has 0 fully saturated rings. The molecule has 0 spiro atoms. The number of amides is 1. The molecule has 2 heterocycles. The number of H-pyrrole nitrogens is 2. The van der Waals surface area contributed by atoms with E-state index >= 15 is 0 Å². The predicted molar refractivity (Wildman–Crippen MR) is 107 cm³/mol. The van der Waals surface area contributed by atoms with Crippen LogP contribution in [0.4, 0.5) is 0 Å². The third-order valence-corrected chi connectivity index (χ3v) is 5.95. The van der Waals surface area contributed by atoms with E-state index in [4.69, 9.17) is 0 Å². The number of nitrogens with one attached hydrogen (secondary N) is 2. The molecule has 7 heteroatoms. The number of fused-ring (bicyclic) bond motifs is 2. The van der Waals surface area contributed by atoms with Crippen LogP contribution in [0.25, 0.3) is 11.0 Å². The van der Waals surface area contributed by atoms with E-state index in [2.05, 4.69) is 22.2 Å². The van der Waals surface area contributed by atoms with Gasteiger partial charge < -0.3 is 9.88 Å². The van der Waals surface area contributed by atoms with E-state index in [9.17, 15) is 14.4 Å². The van der Waals surface area contributed by atoms with Crippen molar-refractivity contribution in [2.45, 2.75) is 38.6 Å². The molecule has 1 aliphatic rings. The van der Waals surface area contributed by atoms with E-state index in [1.165, 1.54) is 15.8 Å². The zero-order valence-corrected chi connectivity index (χ0v) is 16.3. The Morgan fingerprint density at radius 2 is 2.00 bits per heavy atom. The molecule has 4 rings (SSSR count). The third-order valence-electron chi connectivity index (χ3n) is 5.95. The van der Waals surface area contributed by atoms with Gasteiger partial charge in [0.05, 0.1) is 11.4 Å². The monoisotopic (exact) mass is 380 g/mol. The van der Waals surface area contributed by atoms with Crippen molar-refractivity contribution in [3.8, 4) is 0 Å². The fraction of sp³-hybridized carbons (Fsp3) is 0.381. The number of aromatic nitrogens is 3. The number of aryl methyl sites for hydroxylation is 3. The highest BCUT2D eigenvalue weighted by Gasteiger charge is 2.28. The molecule has 0 unspecified atom stereocenters. The van der Waals surface area contributed by atoms with Gasteiger partial charge in [0.1, 0.15) is 5.65 Å². The standard InChI is InChI=1S/C21H24N4O3/c1-12-14(20(27)22-19-18(12)21(28)23-25(19)3)9-11-17(26)24(2)16-10-8-13-6-4-5-7-15(13)16/h4-7,16H,8-11H2,1-3H3,(H,22,27)(H,23,28)/t16-/m0/s1. The zero-order valence-electron chi connectivity index (χ0n) is 16.3. The molecule has 0 aliphatic heterocycles. The summed E-state index contributed by atoms with van der Waals surface area (Å²) in [5, 5.41) is 3.13. The number of hydrogen-bond acceptors (Lipinski definition) is 3. The van der Waals surface area contributed by atoms with E-state index in [1.54, 1.807) is 18.9 Å². The van der Waals surface area contributed by atoms with Crippen molar-refractivity contribution in [1.29, 1.82) is 0 Å². The maximum absolute atomic E-state index is 12.8. The molecule has 2 N–H and O–H groups in total. The minimum atomic E-state index is -0.249. The van der Waals surface area contributed by atoms with E-state index in [0.29, 0.717) is 28.6 Å². The second kappa shape index (κ2) is 6.82. The first-order chi connectivity index (χ1) is 13.4. The summed E-state index contributed by atoms with van der Waals surface area (Å²) in [4.78, 5) is 42.0. The highest BCUT2D eigenvalue weighted by Crippen LogP contribution is 2.35. The van der Waals surface area contributed by atoms with Gasteiger partial charge in [-0.15, -0.1) is 0 Å². The first kappa shape index (κ1) is 18.3. The molecule has 0 bridgehead atoms. The Kier molecular flexibility index (Phi) is 4.45. The van der Waals surface area contributed by atoms with Crippen LogP contribution in [-0.2, 0) is 24.7 Å². The Bertz CT molecular complexity index is 1180. The van der Waals surface area contributed by atoms with Crippen molar-refractivity contribution in [3.05, 3.63) is 67.2 Å². The molecule has 2 aromatic heterocycles. The average molecular weight is 380 g/mol. The molecule has 7 nitrogen and oxygen atoms in total. The molecule has 0 saturated heterocycles. The van der Waals surface area contributed by atoms with Crippen molar-refractivity contribution in [2.75, 3.05) is 7.05 Å². The quantitative estimate of drug-likeness (QED) is 0.725. The number of rotatable bonds is 4. The van der Waals surface area contributed by atoms with Gasteiger partial charge in [-0.2, -0.15) is 0 Å². The molecule has 1 aliphatic carbocycles. The Labute approximate surface area is 162 Å². The molecule has 146 valence electrons. The van der Waals surface area contributed by atoms with Crippen molar-refractivity contribution in [3.63, 3.8) is 0 Å². The van der Waals surface area contributed by atoms with Gasteiger partial charge >= 0.3 is 0 Å². The zero-order chi connectivity index (χ0) is 20.0. The van der Waals surface area contributed by atoms with Crippen LogP contribution in [0.15, 0.2) is 33.9 Å². The molecular weight excluding hydrogens is 356 g/mol. The van der Waals surface area contributed by atoms with E-state index in [-0.39, 0.29) is 29.5 Å². The van der Waals surface area contributed by atoms with Crippen molar-refractivity contribution >= 4 is 16.9 Å². The van der Waals surface area contributed by atoms with Crippen LogP contribution >= 0.6 is 0 Å². The fourth-order valence-corrected chi connectivity index (χ4v) is 4.36. The lowest BCUT2D eigenvalue weighted by atomic mass is 10.0. The normalized spacial score (nSPS) is 15.8. The molecule has 0 saturated carbocycles. The van der Waals surface area contributed by atoms with Crippen LogP contribution < -0.4 is 11.1 Å². The molecule has 1 atom stereocenters. The highest BCUT2D eigenvalue weighted by atomic mass is 16.2. The number of carbonyl (C=O) groups excluding carboxylic acids is 1. The summed E-state index contributed by atoms with van der Waals surface area (Å²) in [7, 11) is 3.51. The molecule has 1 aromatic carbocycles. The maximum atomic E-state index is 12.8. The van der Waals surface area contributed by atoms with Gasteiger partial charge in [-0.3, -0.25) is 24.2 Å². The number of aromatic amines is 2. The van der Waals surface area contributed by atoms with Gasteiger partial charge in [0.15, 0.2) is 0 Å². The van der Waals surface area contributed by atoms with Crippen LogP contribution in [0, 0.1) is 6.92 Å². The lowest BCUT2D eigenvalue weighted by Gasteiger charge is -2.25. The van der Waals surface area contributed by atoms with Crippen molar-refractivity contribution in [2.24, 2.45) is 7.05 Å². The lowest BCUT2D eigenvalue weighted by molar-refractivity contribution is -0.132. The predicted octanol–water partition coefficient (Wildman–Crippen LogP) is 1.94. The molecule has 3 aromatic rings. The number of benzene rings is 1. The first-order valence-electron chi connectivity index (χ1n) is 9.52. The van der Waals surface area contributed by atoms with E-state index in [0.717, 1.165) is 12.8 Å². The third kappa shape index (κ3) is 2.87. The van der Waals surface area contributed by atoms with Crippen LogP contribution in [0.5, 0.6) is 0 Å².